The molecule has 2 rings (SSSR count). The van der Waals surface area contributed by atoms with E-state index in [0.717, 1.165) is 12.2 Å². The third kappa shape index (κ3) is 1.83. The quantitative estimate of drug-likeness (QED) is 0.771. The first-order chi connectivity index (χ1) is 7.76. The molecule has 1 aromatic rings. The topological polar surface area (TPSA) is 53.0 Å². The highest BCUT2D eigenvalue weighted by Crippen LogP contribution is 2.29. The van der Waals surface area contributed by atoms with E-state index in [9.17, 15) is 0 Å². The van der Waals surface area contributed by atoms with Crippen molar-refractivity contribution in [2.24, 2.45) is 0 Å². The summed E-state index contributed by atoms with van der Waals surface area (Å²) in [5.74, 6) is 0. The maximum Gasteiger partial charge on any atom is 0.101 e. The molecule has 1 aromatic carbocycles. The fraction of sp³-hybridized carbons (Fsp3) is 0.462. The number of nitrogen functional groups attached to an aromatic ring is 1. The van der Waals surface area contributed by atoms with Crippen LogP contribution in [-0.2, 0) is 0 Å². The predicted molar refractivity (Wildman–Crippen MR) is 66.2 cm³/mol. The summed E-state index contributed by atoms with van der Waals surface area (Å²) < 4.78 is 0. The summed E-state index contributed by atoms with van der Waals surface area (Å²) in [5, 5.41) is 8.83. The second kappa shape index (κ2) is 4.44. The molecule has 0 radical (unpaired) electrons. The molecule has 0 spiro atoms. The highest BCUT2D eigenvalue weighted by molar-refractivity contribution is 5.64. The van der Waals surface area contributed by atoms with Crippen LogP contribution in [0.4, 0.5) is 11.4 Å². The van der Waals surface area contributed by atoms with Crippen molar-refractivity contribution < 1.29 is 0 Å². The van der Waals surface area contributed by atoms with Crippen molar-refractivity contribution in [1.29, 1.82) is 5.26 Å². The zero-order valence-electron chi connectivity index (χ0n) is 9.61. The van der Waals surface area contributed by atoms with Gasteiger partial charge in [-0.1, -0.05) is 6.92 Å². The van der Waals surface area contributed by atoms with E-state index in [1.807, 2.05) is 18.2 Å². The van der Waals surface area contributed by atoms with Crippen molar-refractivity contribution in [2.45, 2.75) is 32.2 Å². The Bertz CT molecular complexity index is 420. The standard InChI is InChI=1S/C13H17N3/c1-2-11-4-3-7-16(11)12-6-5-10(9-14)13(15)8-12/h5-6,8,11H,2-4,7,15H2,1H3. The maximum atomic E-state index is 8.83. The molecular formula is C13H17N3. The van der Waals surface area contributed by atoms with Crippen LogP contribution < -0.4 is 10.6 Å². The van der Waals surface area contributed by atoms with Crippen LogP contribution in [0, 0.1) is 11.3 Å². The maximum absolute atomic E-state index is 8.83. The van der Waals surface area contributed by atoms with Crippen molar-refractivity contribution in [3.05, 3.63) is 23.8 Å². The molecule has 0 saturated carbocycles. The number of nitrogens with two attached hydrogens (primary N) is 1. The van der Waals surface area contributed by atoms with Crippen molar-refractivity contribution >= 4 is 11.4 Å². The summed E-state index contributed by atoms with van der Waals surface area (Å²) >= 11 is 0. The summed E-state index contributed by atoms with van der Waals surface area (Å²) in [6, 6.07) is 8.47. The van der Waals surface area contributed by atoms with E-state index in [2.05, 4.69) is 17.9 Å². The van der Waals surface area contributed by atoms with Crippen LogP contribution in [0.1, 0.15) is 31.7 Å². The highest BCUT2D eigenvalue weighted by Gasteiger charge is 2.23. The van der Waals surface area contributed by atoms with Crippen LogP contribution in [-0.4, -0.2) is 12.6 Å². The van der Waals surface area contributed by atoms with E-state index in [1.54, 1.807) is 0 Å². The third-order valence-corrected chi connectivity index (χ3v) is 3.34. The van der Waals surface area contributed by atoms with Gasteiger partial charge in [-0.2, -0.15) is 5.26 Å². The van der Waals surface area contributed by atoms with Gasteiger partial charge in [-0.05, 0) is 37.5 Å². The number of nitriles is 1. The molecule has 0 aromatic heterocycles. The molecule has 1 heterocycles. The molecule has 3 heteroatoms. The number of nitrogens with zero attached hydrogens (tertiary/aromatic N) is 2. The van der Waals surface area contributed by atoms with E-state index >= 15 is 0 Å². The molecule has 1 aliphatic rings. The first-order valence-electron chi connectivity index (χ1n) is 5.82. The number of hydrogen-bond acceptors (Lipinski definition) is 3. The lowest BCUT2D eigenvalue weighted by atomic mass is 10.1. The molecule has 1 aliphatic heterocycles. The second-order valence-corrected chi connectivity index (χ2v) is 4.28. The van der Waals surface area contributed by atoms with Crippen LogP contribution in [0.3, 0.4) is 0 Å². The van der Waals surface area contributed by atoms with Gasteiger partial charge in [-0.15, -0.1) is 0 Å². The molecule has 16 heavy (non-hydrogen) atoms. The Morgan fingerprint density at radius 2 is 2.38 bits per heavy atom. The summed E-state index contributed by atoms with van der Waals surface area (Å²) in [6.45, 7) is 3.32. The number of benzene rings is 1. The van der Waals surface area contributed by atoms with Gasteiger partial charge in [0.25, 0.3) is 0 Å². The molecule has 2 N–H and O–H groups in total. The summed E-state index contributed by atoms with van der Waals surface area (Å²) in [7, 11) is 0. The van der Waals surface area contributed by atoms with Gasteiger partial charge in [0.05, 0.1) is 11.3 Å². The van der Waals surface area contributed by atoms with E-state index in [4.69, 9.17) is 11.0 Å². The largest absolute Gasteiger partial charge is 0.398 e. The summed E-state index contributed by atoms with van der Waals surface area (Å²) in [4.78, 5) is 2.40. The average molecular weight is 215 g/mol. The summed E-state index contributed by atoms with van der Waals surface area (Å²) in [5.41, 5.74) is 8.14. The molecule has 0 aliphatic carbocycles. The van der Waals surface area contributed by atoms with Crippen LogP contribution in [0.2, 0.25) is 0 Å². The first kappa shape index (κ1) is 10.8. The van der Waals surface area contributed by atoms with E-state index in [1.165, 1.54) is 19.3 Å². The van der Waals surface area contributed by atoms with Crippen LogP contribution in [0.5, 0.6) is 0 Å². The van der Waals surface area contributed by atoms with Gasteiger partial charge in [0.2, 0.25) is 0 Å². The Hall–Kier alpha value is -1.69. The molecule has 84 valence electrons. The lowest BCUT2D eigenvalue weighted by Crippen LogP contribution is -2.28. The van der Waals surface area contributed by atoms with E-state index in [-0.39, 0.29) is 0 Å². The lowest BCUT2D eigenvalue weighted by Gasteiger charge is -2.26. The first-order valence-corrected chi connectivity index (χ1v) is 5.82. The Kier molecular flexibility index (Phi) is 3.00. The van der Waals surface area contributed by atoms with Crippen molar-refractivity contribution in [2.75, 3.05) is 17.2 Å². The molecule has 3 nitrogen and oxygen atoms in total. The lowest BCUT2D eigenvalue weighted by molar-refractivity contribution is 0.645. The van der Waals surface area contributed by atoms with Crippen LogP contribution in [0.25, 0.3) is 0 Å². The molecule has 0 bridgehead atoms. The van der Waals surface area contributed by atoms with Crippen LogP contribution >= 0.6 is 0 Å². The number of rotatable bonds is 2. The van der Waals surface area contributed by atoms with Crippen molar-refractivity contribution in [3.63, 3.8) is 0 Å². The Morgan fingerprint density at radius 1 is 1.56 bits per heavy atom. The highest BCUT2D eigenvalue weighted by atomic mass is 15.2. The van der Waals surface area contributed by atoms with E-state index in [0.29, 0.717) is 17.3 Å². The Balaban J connectivity index is 2.28. The molecule has 1 saturated heterocycles. The average Bonchev–Trinajstić information content (AvgIpc) is 2.77. The van der Waals surface area contributed by atoms with Gasteiger partial charge in [0, 0.05) is 18.3 Å². The smallest absolute Gasteiger partial charge is 0.101 e. The minimum absolute atomic E-state index is 0.566. The monoisotopic (exact) mass is 215 g/mol. The molecule has 1 atom stereocenters. The van der Waals surface area contributed by atoms with Crippen molar-refractivity contribution in [3.8, 4) is 6.07 Å². The Labute approximate surface area is 96.5 Å². The molecule has 1 fully saturated rings. The molecule has 0 amide bonds. The predicted octanol–water partition coefficient (Wildman–Crippen LogP) is 2.52. The van der Waals surface area contributed by atoms with Gasteiger partial charge in [-0.25, -0.2) is 0 Å². The Morgan fingerprint density at radius 3 is 3.00 bits per heavy atom. The zero-order chi connectivity index (χ0) is 11.5. The van der Waals surface area contributed by atoms with E-state index < -0.39 is 0 Å². The number of hydrogen-bond donors (Lipinski definition) is 1. The fourth-order valence-corrected chi connectivity index (χ4v) is 2.43. The van der Waals surface area contributed by atoms with Crippen LogP contribution in [0.15, 0.2) is 18.2 Å². The van der Waals surface area contributed by atoms with Gasteiger partial charge in [0.15, 0.2) is 0 Å². The molecule has 1 unspecified atom stereocenters. The van der Waals surface area contributed by atoms with Gasteiger partial charge in [-0.3, -0.25) is 0 Å². The molecular weight excluding hydrogens is 198 g/mol. The summed E-state index contributed by atoms with van der Waals surface area (Å²) in [6.07, 6.45) is 3.68. The third-order valence-electron chi connectivity index (χ3n) is 3.34. The zero-order valence-corrected chi connectivity index (χ0v) is 9.61. The SMILES string of the molecule is CCC1CCCN1c1ccc(C#N)c(N)c1. The minimum atomic E-state index is 0.566. The fourth-order valence-electron chi connectivity index (χ4n) is 2.43. The van der Waals surface area contributed by atoms with Gasteiger partial charge < -0.3 is 10.6 Å². The second-order valence-electron chi connectivity index (χ2n) is 4.28. The van der Waals surface area contributed by atoms with Gasteiger partial charge >= 0.3 is 0 Å². The van der Waals surface area contributed by atoms with Gasteiger partial charge in [0.1, 0.15) is 6.07 Å². The minimum Gasteiger partial charge on any atom is -0.398 e. The number of anilines is 2. The van der Waals surface area contributed by atoms with Crippen molar-refractivity contribution in [1.82, 2.24) is 0 Å². The normalized spacial score (nSPS) is 19.8.